The molecule has 1 aromatic rings. The van der Waals surface area contributed by atoms with E-state index in [-0.39, 0.29) is 11.8 Å². The maximum atomic E-state index is 13.0. The summed E-state index contributed by atoms with van der Waals surface area (Å²) in [6, 6.07) is 6.92. The number of carbonyl (C=O) groups is 1. The van der Waals surface area contributed by atoms with Gasteiger partial charge in [-0.25, -0.2) is 9.18 Å². The highest BCUT2D eigenvalue weighted by atomic mass is 32.2. The van der Waals surface area contributed by atoms with Crippen LogP contribution in [0.15, 0.2) is 24.3 Å². The highest BCUT2D eigenvalue weighted by Crippen LogP contribution is 2.23. The number of benzene rings is 1. The molecule has 2 aliphatic rings. The van der Waals surface area contributed by atoms with Gasteiger partial charge in [0.05, 0.1) is 0 Å². The van der Waals surface area contributed by atoms with Gasteiger partial charge >= 0.3 is 6.03 Å². The average Bonchev–Trinajstić information content (AvgIpc) is 3.04. The van der Waals surface area contributed by atoms with Crippen LogP contribution in [-0.2, 0) is 0 Å². The zero-order chi connectivity index (χ0) is 16.1. The lowest BCUT2D eigenvalue weighted by molar-refractivity contribution is 0.234. The summed E-state index contributed by atoms with van der Waals surface area (Å²) >= 11 is 1.96. The molecule has 0 radical (unpaired) electrons. The molecule has 1 atom stereocenters. The third kappa shape index (κ3) is 4.77. The van der Waals surface area contributed by atoms with Gasteiger partial charge in [-0.15, -0.1) is 0 Å². The Balaban J connectivity index is 1.39. The van der Waals surface area contributed by atoms with E-state index < -0.39 is 0 Å². The molecule has 23 heavy (non-hydrogen) atoms. The standard InChI is InChI=1S/C17H24FN3OS/c18-14-1-3-16(4-2-14)21-8-5-13(12-21)11-19-17(22)20-15-6-9-23-10-7-15/h1-4,13,15H,5-12H2,(H2,19,20,22)/t13-/m1/s1. The summed E-state index contributed by atoms with van der Waals surface area (Å²) in [5.41, 5.74) is 1.05. The number of nitrogens with zero attached hydrogens (tertiary/aromatic N) is 1. The Morgan fingerprint density at radius 2 is 1.96 bits per heavy atom. The minimum absolute atomic E-state index is 0.0397. The summed E-state index contributed by atoms with van der Waals surface area (Å²) in [6.45, 7) is 2.57. The number of hydrogen-bond acceptors (Lipinski definition) is 3. The topological polar surface area (TPSA) is 44.4 Å². The van der Waals surface area contributed by atoms with Crippen molar-refractivity contribution in [3.63, 3.8) is 0 Å². The highest BCUT2D eigenvalue weighted by molar-refractivity contribution is 7.99. The van der Waals surface area contributed by atoms with E-state index in [1.807, 2.05) is 23.9 Å². The molecule has 6 heteroatoms. The minimum atomic E-state index is -0.205. The molecule has 2 heterocycles. The van der Waals surface area contributed by atoms with Crippen molar-refractivity contribution >= 4 is 23.5 Å². The van der Waals surface area contributed by atoms with Crippen LogP contribution in [0.3, 0.4) is 0 Å². The van der Waals surface area contributed by atoms with Crippen LogP contribution in [0.5, 0.6) is 0 Å². The second-order valence-corrected chi connectivity index (χ2v) is 7.54. The second kappa shape index (κ2) is 7.90. The van der Waals surface area contributed by atoms with Gasteiger partial charge in [-0.05, 0) is 61.0 Å². The Morgan fingerprint density at radius 3 is 2.70 bits per heavy atom. The van der Waals surface area contributed by atoms with Gasteiger partial charge < -0.3 is 15.5 Å². The van der Waals surface area contributed by atoms with Gasteiger partial charge in [0, 0.05) is 31.4 Å². The van der Waals surface area contributed by atoms with E-state index in [4.69, 9.17) is 0 Å². The van der Waals surface area contributed by atoms with E-state index >= 15 is 0 Å². The molecule has 0 bridgehead atoms. The zero-order valence-corrected chi connectivity index (χ0v) is 14.1. The van der Waals surface area contributed by atoms with Crippen molar-refractivity contribution in [2.45, 2.75) is 25.3 Å². The summed E-state index contributed by atoms with van der Waals surface area (Å²) < 4.78 is 13.0. The number of anilines is 1. The largest absolute Gasteiger partial charge is 0.371 e. The maximum Gasteiger partial charge on any atom is 0.315 e. The van der Waals surface area contributed by atoms with E-state index in [1.165, 1.54) is 12.1 Å². The van der Waals surface area contributed by atoms with Crippen LogP contribution in [0.25, 0.3) is 0 Å². The molecule has 3 rings (SSSR count). The van der Waals surface area contributed by atoms with Crippen molar-refractivity contribution in [1.29, 1.82) is 0 Å². The van der Waals surface area contributed by atoms with Crippen molar-refractivity contribution in [3.8, 4) is 0 Å². The van der Waals surface area contributed by atoms with E-state index in [2.05, 4.69) is 15.5 Å². The van der Waals surface area contributed by atoms with Gasteiger partial charge in [0.1, 0.15) is 5.82 Å². The van der Waals surface area contributed by atoms with E-state index in [9.17, 15) is 9.18 Å². The number of nitrogens with one attached hydrogen (secondary N) is 2. The van der Waals surface area contributed by atoms with Gasteiger partial charge in [-0.3, -0.25) is 0 Å². The molecule has 2 aliphatic heterocycles. The molecule has 126 valence electrons. The summed E-state index contributed by atoms with van der Waals surface area (Å²) in [7, 11) is 0. The molecule has 2 saturated heterocycles. The van der Waals surface area contributed by atoms with E-state index in [1.54, 1.807) is 0 Å². The molecule has 1 aromatic carbocycles. The van der Waals surface area contributed by atoms with Crippen molar-refractivity contribution in [3.05, 3.63) is 30.1 Å². The molecule has 2 N–H and O–H groups in total. The molecular weight excluding hydrogens is 313 g/mol. The van der Waals surface area contributed by atoms with Crippen LogP contribution in [0.1, 0.15) is 19.3 Å². The summed E-state index contributed by atoms with van der Waals surface area (Å²) in [5.74, 6) is 2.53. The summed E-state index contributed by atoms with van der Waals surface area (Å²) in [6.07, 6.45) is 3.19. The number of rotatable bonds is 4. The molecule has 0 aromatic heterocycles. The second-order valence-electron chi connectivity index (χ2n) is 6.32. The first-order valence-corrected chi connectivity index (χ1v) is 9.49. The minimum Gasteiger partial charge on any atom is -0.371 e. The number of urea groups is 1. The van der Waals surface area contributed by atoms with Crippen molar-refractivity contribution in [2.24, 2.45) is 5.92 Å². The zero-order valence-electron chi connectivity index (χ0n) is 13.3. The van der Waals surface area contributed by atoms with Crippen molar-refractivity contribution in [2.75, 3.05) is 36.0 Å². The molecule has 2 fully saturated rings. The Hall–Kier alpha value is -1.43. The number of halogens is 1. The monoisotopic (exact) mass is 337 g/mol. The Kier molecular flexibility index (Phi) is 5.65. The molecule has 0 spiro atoms. The lowest BCUT2D eigenvalue weighted by Gasteiger charge is -2.23. The Labute approximate surface area is 141 Å². The third-order valence-corrected chi connectivity index (χ3v) is 5.63. The molecule has 0 saturated carbocycles. The molecular formula is C17H24FN3OS. The number of amides is 2. The first kappa shape index (κ1) is 16.4. The van der Waals surface area contributed by atoms with Crippen LogP contribution < -0.4 is 15.5 Å². The van der Waals surface area contributed by atoms with Gasteiger partial charge in [-0.1, -0.05) is 0 Å². The van der Waals surface area contributed by atoms with Crippen LogP contribution >= 0.6 is 11.8 Å². The fourth-order valence-corrected chi connectivity index (χ4v) is 4.31. The summed E-state index contributed by atoms with van der Waals surface area (Å²) in [4.78, 5) is 14.2. The van der Waals surface area contributed by atoms with Crippen LogP contribution in [0.2, 0.25) is 0 Å². The molecule has 4 nitrogen and oxygen atoms in total. The van der Waals surface area contributed by atoms with Crippen LogP contribution in [-0.4, -0.2) is 43.2 Å². The smallest absolute Gasteiger partial charge is 0.315 e. The lowest BCUT2D eigenvalue weighted by Crippen LogP contribution is -2.45. The van der Waals surface area contributed by atoms with Gasteiger partial charge in [-0.2, -0.15) is 11.8 Å². The molecule has 2 amide bonds. The Morgan fingerprint density at radius 1 is 1.22 bits per heavy atom. The fourth-order valence-electron chi connectivity index (χ4n) is 3.20. The molecule has 0 aliphatic carbocycles. The number of carbonyl (C=O) groups excluding carboxylic acids is 1. The Bertz CT molecular complexity index is 519. The van der Waals surface area contributed by atoms with Gasteiger partial charge in [0.2, 0.25) is 0 Å². The lowest BCUT2D eigenvalue weighted by atomic mass is 10.1. The highest BCUT2D eigenvalue weighted by Gasteiger charge is 2.23. The maximum absolute atomic E-state index is 13.0. The average molecular weight is 337 g/mol. The number of thioether (sulfide) groups is 1. The third-order valence-electron chi connectivity index (χ3n) is 4.59. The predicted molar refractivity (Wildman–Crippen MR) is 93.6 cm³/mol. The fraction of sp³-hybridized carbons (Fsp3) is 0.588. The van der Waals surface area contributed by atoms with Crippen molar-refractivity contribution < 1.29 is 9.18 Å². The molecule has 0 unspecified atom stereocenters. The summed E-state index contributed by atoms with van der Waals surface area (Å²) in [5, 5.41) is 6.08. The van der Waals surface area contributed by atoms with Crippen molar-refractivity contribution in [1.82, 2.24) is 10.6 Å². The van der Waals surface area contributed by atoms with E-state index in [0.717, 1.165) is 49.5 Å². The van der Waals surface area contributed by atoms with Crippen LogP contribution in [0, 0.1) is 11.7 Å². The predicted octanol–water partition coefficient (Wildman–Crippen LogP) is 2.85. The normalized spacial score (nSPS) is 22.1. The van der Waals surface area contributed by atoms with E-state index in [0.29, 0.717) is 18.5 Å². The first-order chi connectivity index (χ1) is 11.2. The quantitative estimate of drug-likeness (QED) is 0.888. The van der Waals surface area contributed by atoms with Gasteiger partial charge in [0.15, 0.2) is 0 Å². The SMILES string of the molecule is O=C(NC[C@H]1CCN(c2ccc(F)cc2)C1)NC1CCSCC1. The number of hydrogen-bond donors (Lipinski definition) is 2. The van der Waals surface area contributed by atoms with Gasteiger partial charge in [0.25, 0.3) is 0 Å². The first-order valence-electron chi connectivity index (χ1n) is 8.33. The van der Waals surface area contributed by atoms with Crippen LogP contribution in [0.4, 0.5) is 14.9 Å².